The van der Waals surface area contributed by atoms with Crippen LogP contribution < -0.4 is 0 Å². The fourth-order valence-corrected chi connectivity index (χ4v) is 0.858. The lowest BCUT2D eigenvalue weighted by Gasteiger charge is -2.16. The summed E-state index contributed by atoms with van der Waals surface area (Å²) in [5.74, 6) is 0. The number of hydrogen-bond acceptors (Lipinski definition) is 4. The third-order valence-electron chi connectivity index (χ3n) is 1.50. The van der Waals surface area contributed by atoms with E-state index in [9.17, 15) is 4.79 Å². The minimum atomic E-state index is -1.08. The van der Waals surface area contributed by atoms with Crippen LogP contribution in [0.25, 0.3) is 6.08 Å². The van der Waals surface area contributed by atoms with Gasteiger partial charge in [0.1, 0.15) is 5.60 Å². The maximum absolute atomic E-state index is 10.1. The van der Waals surface area contributed by atoms with Crippen LogP contribution in [0.4, 0.5) is 4.79 Å². The van der Waals surface area contributed by atoms with E-state index in [-0.39, 0.29) is 0 Å². The van der Waals surface area contributed by atoms with Gasteiger partial charge in [0.15, 0.2) is 0 Å². The summed E-state index contributed by atoms with van der Waals surface area (Å²) < 4.78 is 4.48. The molecule has 0 aliphatic carbocycles. The predicted molar refractivity (Wildman–Crippen MR) is 66.5 cm³/mol. The molecule has 4 heteroatoms. The van der Waals surface area contributed by atoms with E-state index in [1.807, 2.05) is 36.4 Å². The van der Waals surface area contributed by atoms with E-state index in [0.29, 0.717) is 0 Å². The smallest absolute Gasteiger partial charge is 0.427 e. The molecule has 1 aromatic rings. The van der Waals surface area contributed by atoms with Crippen molar-refractivity contribution in [3.63, 3.8) is 0 Å². The first-order valence-electron chi connectivity index (χ1n) is 5.11. The van der Waals surface area contributed by atoms with Crippen molar-refractivity contribution in [2.45, 2.75) is 26.4 Å². The highest BCUT2D eigenvalue weighted by atomic mass is 17.1. The molecule has 17 heavy (non-hydrogen) atoms. The summed E-state index contributed by atoms with van der Waals surface area (Å²) >= 11 is 0. The van der Waals surface area contributed by atoms with E-state index in [0.717, 1.165) is 0 Å². The molecule has 0 heterocycles. The molecule has 0 amide bonds. The van der Waals surface area contributed by atoms with Crippen LogP contribution in [0.15, 0.2) is 36.9 Å². The van der Waals surface area contributed by atoms with E-state index in [1.165, 1.54) is 5.56 Å². The quantitative estimate of drug-likeness (QED) is 0.460. The topological polar surface area (TPSA) is 55.8 Å². The van der Waals surface area contributed by atoms with Gasteiger partial charge in [-0.2, -0.15) is 5.26 Å². The Kier molecular flexibility index (Phi) is 6.67. The van der Waals surface area contributed by atoms with E-state index in [1.54, 1.807) is 20.8 Å². The second-order valence-electron chi connectivity index (χ2n) is 4.17. The molecule has 0 radical (unpaired) electrons. The van der Waals surface area contributed by atoms with Gasteiger partial charge in [-0.15, -0.1) is 0 Å². The largest absolute Gasteiger partial charge is 0.540 e. The number of benzene rings is 1. The van der Waals surface area contributed by atoms with Gasteiger partial charge >= 0.3 is 6.16 Å². The van der Waals surface area contributed by atoms with Gasteiger partial charge in [-0.1, -0.05) is 43.0 Å². The summed E-state index contributed by atoms with van der Waals surface area (Å²) in [6, 6.07) is 10.0. The number of rotatable bonds is 1. The molecule has 0 saturated heterocycles. The fourth-order valence-electron chi connectivity index (χ4n) is 0.858. The molecule has 0 fully saturated rings. The normalized spacial score (nSPS) is 9.65. The van der Waals surface area contributed by atoms with Crippen LogP contribution >= 0.6 is 0 Å². The Morgan fingerprint density at radius 2 is 1.82 bits per heavy atom. The van der Waals surface area contributed by atoms with Crippen molar-refractivity contribution in [2.75, 3.05) is 0 Å². The van der Waals surface area contributed by atoms with Gasteiger partial charge in [-0.05, 0) is 26.3 Å². The predicted octanol–water partition coefficient (Wildman–Crippen LogP) is 3.74. The highest BCUT2D eigenvalue weighted by Gasteiger charge is 2.16. The zero-order valence-corrected chi connectivity index (χ0v) is 10.3. The van der Waals surface area contributed by atoms with Crippen LogP contribution in [0.2, 0.25) is 0 Å². The standard InChI is InChI=1S/C8H8.C5H10O4/c1-2-8-6-4-3-5-7-8;1-5(2,3)8-4(6)9-7/h2-7H,1H2;7H,1-3H3. The van der Waals surface area contributed by atoms with Crippen LogP contribution in [0, 0.1) is 0 Å². The molecule has 0 spiro atoms. The van der Waals surface area contributed by atoms with Gasteiger partial charge in [0.05, 0.1) is 0 Å². The molecule has 1 N–H and O–H groups in total. The first-order valence-corrected chi connectivity index (χ1v) is 5.11. The highest BCUT2D eigenvalue weighted by Crippen LogP contribution is 2.06. The number of carbonyl (C=O) groups excluding carboxylic acids is 1. The molecular weight excluding hydrogens is 220 g/mol. The summed E-state index contributed by atoms with van der Waals surface area (Å²) in [4.78, 5) is 13.4. The Hall–Kier alpha value is -1.81. The van der Waals surface area contributed by atoms with Gasteiger partial charge in [0, 0.05) is 0 Å². The maximum Gasteiger partial charge on any atom is 0.540 e. The monoisotopic (exact) mass is 238 g/mol. The minimum absolute atomic E-state index is 0.611. The van der Waals surface area contributed by atoms with Crippen molar-refractivity contribution in [3.05, 3.63) is 42.5 Å². The average Bonchev–Trinajstić information content (AvgIpc) is 2.28. The molecule has 94 valence electrons. The third-order valence-corrected chi connectivity index (χ3v) is 1.50. The second kappa shape index (κ2) is 7.46. The summed E-state index contributed by atoms with van der Waals surface area (Å²) in [6.07, 6.45) is 0.752. The van der Waals surface area contributed by atoms with E-state index < -0.39 is 11.8 Å². The van der Waals surface area contributed by atoms with Crippen molar-refractivity contribution in [1.29, 1.82) is 0 Å². The minimum Gasteiger partial charge on any atom is -0.427 e. The number of ether oxygens (including phenoxy) is 1. The molecule has 0 aliphatic heterocycles. The molecule has 1 rings (SSSR count). The fraction of sp³-hybridized carbons (Fsp3) is 0.308. The maximum atomic E-state index is 10.1. The van der Waals surface area contributed by atoms with Crippen LogP contribution in [-0.4, -0.2) is 17.0 Å². The highest BCUT2D eigenvalue weighted by molar-refractivity contribution is 5.59. The van der Waals surface area contributed by atoms with Crippen LogP contribution in [0.3, 0.4) is 0 Å². The van der Waals surface area contributed by atoms with Gasteiger partial charge in [-0.25, -0.2) is 4.79 Å². The Labute approximate surface area is 101 Å². The first kappa shape index (κ1) is 15.2. The van der Waals surface area contributed by atoms with Gasteiger partial charge < -0.3 is 4.74 Å². The zero-order valence-electron chi connectivity index (χ0n) is 10.3. The van der Waals surface area contributed by atoms with Crippen LogP contribution in [-0.2, 0) is 9.62 Å². The molecular formula is C13H18O4. The molecule has 0 saturated carbocycles. The first-order chi connectivity index (χ1) is 7.89. The Bertz CT molecular complexity index is 338. The van der Waals surface area contributed by atoms with Gasteiger partial charge in [-0.3, -0.25) is 4.89 Å². The summed E-state index contributed by atoms with van der Waals surface area (Å²) in [7, 11) is 0. The summed E-state index contributed by atoms with van der Waals surface area (Å²) in [5, 5.41) is 7.72. The summed E-state index contributed by atoms with van der Waals surface area (Å²) in [5.41, 5.74) is 0.562. The van der Waals surface area contributed by atoms with E-state index >= 15 is 0 Å². The zero-order chi connectivity index (χ0) is 13.3. The Balaban J connectivity index is 0.000000302. The number of carbonyl (C=O) groups is 1. The lowest BCUT2D eigenvalue weighted by Crippen LogP contribution is -2.23. The lowest BCUT2D eigenvalue weighted by atomic mass is 10.2. The van der Waals surface area contributed by atoms with Crippen molar-refractivity contribution in [1.82, 2.24) is 0 Å². The third kappa shape index (κ3) is 9.14. The molecule has 0 atom stereocenters. The molecule has 0 bridgehead atoms. The van der Waals surface area contributed by atoms with Crippen LogP contribution in [0.5, 0.6) is 0 Å². The van der Waals surface area contributed by atoms with Gasteiger partial charge in [0.2, 0.25) is 0 Å². The van der Waals surface area contributed by atoms with Gasteiger partial charge in [0.25, 0.3) is 0 Å². The number of hydrogen-bond donors (Lipinski definition) is 1. The SMILES string of the molecule is C=Cc1ccccc1.CC(C)(C)OC(=O)OO. The molecule has 0 unspecified atom stereocenters. The van der Waals surface area contributed by atoms with Crippen LogP contribution in [0.1, 0.15) is 26.3 Å². The second-order valence-corrected chi connectivity index (χ2v) is 4.17. The molecule has 1 aromatic carbocycles. The van der Waals surface area contributed by atoms with E-state index in [4.69, 9.17) is 5.26 Å². The molecule has 0 aromatic heterocycles. The molecule has 0 aliphatic rings. The molecule has 4 nitrogen and oxygen atoms in total. The average molecular weight is 238 g/mol. The summed E-state index contributed by atoms with van der Waals surface area (Å²) in [6.45, 7) is 8.64. The Morgan fingerprint density at radius 3 is 2.06 bits per heavy atom. The van der Waals surface area contributed by atoms with Crippen molar-refractivity contribution >= 4 is 12.2 Å². The Morgan fingerprint density at radius 1 is 1.29 bits per heavy atom. The van der Waals surface area contributed by atoms with Crippen molar-refractivity contribution < 1.29 is 19.7 Å². The van der Waals surface area contributed by atoms with Crippen molar-refractivity contribution in [3.8, 4) is 0 Å². The van der Waals surface area contributed by atoms with Crippen molar-refractivity contribution in [2.24, 2.45) is 0 Å². The lowest BCUT2D eigenvalue weighted by molar-refractivity contribution is -0.210. The van der Waals surface area contributed by atoms with E-state index in [2.05, 4.69) is 16.2 Å².